The lowest BCUT2D eigenvalue weighted by Crippen LogP contribution is -2.31. The fraction of sp³-hybridized carbons (Fsp3) is 0.120. The normalized spacial score (nSPS) is 17.9. The number of fused-ring (bicyclic) bond motifs is 4. The van der Waals surface area contributed by atoms with Crippen molar-refractivity contribution in [3.8, 4) is 39.8 Å². The van der Waals surface area contributed by atoms with Gasteiger partial charge in [0.25, 0.3) is 6.02 Å². The number of nitrogens with two attached hydrogens (primary N) is 1. The Labute approximate surface area is 193 Å². The summed E-state index contributed by atoms with van der Waals surface area (Å²) in [5, 5.41) is 0. The molecule has 2 aliphatic rings. The number of nitrogens with zero attached hydrogens (tertiary/aromatic N) is 4. The van der Waals surface area contributed by atoms with Gasteiger partial charge < -0.3 is 19.9 Å². The summed E-state index contributed by atoms with van der Waals surface area (Å²) in [5.41, 5.74) is 9.05. The largest absolute Gasteiger partial charge is 0.481 e. The first kappa shape index (κ1) is 20.1. The number of pyridine rings is 3. The van der Waals surface area contributed by atoms with E-state index in [1.807, 2.05) is 18.2 Å². The number of aliphatic imine (C=N–C) groups is 1. The van der Waals surface area contributed by atoms with E-state index in [1.165, 1.54) is 6.20 Å². The van der Waals surface area contributed by atoms with Gasteiger partial charge >= 0.3 is 0 Å². The Bertz CT molecular complexity index is 1460. The molecule has 168 valence electrons. The van der Waals surface area contributed by atoms with Gasteiger partial charge in [-0.1, -0.05) is 6.07 Å². The number of hydrogen-bond acceptors (Lipinski definition) is 8. The van der Waals surface area contributed by atoms with Gasteiger partial charge in [-0.3, -0.25) is 0 Å². The molecule has 5 heterocycles. The second-order valence-corrected chi connectivity index (χ2v) is 7.92. The van der Waals surface area contributed by atoms with Crippen LogP contribution in [0.4, 0.5) is 4.39 Å². The van der Waals surface area contributed by atoms with Crippen molar-refractivity contribution in [2.45, 2.75) is 5.54 Å². The summed E-state index contributed by atoms with van der Waals surface area (Å²) in [4.78, 5) is 17.3. The van der Waals surface area contributed by atoms with Gasteiger partial charge in [-0.25, -0.2) is 19.9 Å². The van der Waals surface area contributed by atoms with Crippen LogP contribution in [-0.2, 0) is 10.3 Å². The van der Waals surface area contributed by atoms with E-state index in [0.717, 1.165) is 11.1 Å². The van der Waals surface area contributed by atoms with Crippen LogP contribution < -0.4 is 15.2 Å². The van der Waals surface area contributed by atoms with Crippen LogP contribution in [0.25, 0.3) is 22.3 Å². The van der Waals surface area contributed by atoms with E-state index in [0.29, 0.717) is 39.8 Å². The fourth-order valence-corrected chi connectivity index (χ4v) is 4.33. The Morgan fingerprint density at radius 3 is 2.53 bits per heavy atom. The molecule has 8 nitrogen and oxygen atoms in total. The summed E-state index contributed by atoms with van der Waals surface area (Å²) in [6.07, 6.45) is 4.83. The first-order valence-electron chi connectivity index (χ1n) is 10.5. The van der Waals surface area contributed by atoms with Crippen molar-refractivity contribution in [1.82, 2.24) is 15.0 Å². The van der Waals surface area contributed by atoms with Crippen LogP contribution >= 0.6 is 0 Å². The monoisotopic (exact) mass is 455 g/mol. The molecule has 0 aliphatic carbocycles. The van der Waals surface area contributed by atoms with Crippen molar-refractivity contribution in [2.24, 2.45) is 10.7 Å². The van der Waals surface area contributed by atoms with Crippen molar-refractivity contribution in [3.63, 3.8) is 0 Å². The topological polar surface area (TPSA) is 105 Å². The lowest BCUT2D eigenvalue weighted by atomic mass is 9.80. The Balaban J connectivity index is 1.52. The van der Waals surface area contributed by atoms with E-state index in [9.17, 15) is 4.39 Å². The SMILES string of the molecule is COc1ccc(-c2cnc3c(c2)[C@]2(COC(N)=N2)c2cc(-c4cccnc4F)ccc2O3)cn1. The molecule has 1 aromatic carbocycles. The fourth-order valence-electron chi connectivity index (χ4n) is 4.33. The summed E-state index contributed by atoms with van der Waals surface area (Å²) in [7, 11) is 1.56. The van der Waals surface area contributed by atoms with E-state index >= 15 is 0 Å². The van der Waals surface area contributed by atoms with Gasteiger partial charge in [0.15, 0.2) is 5.54 Å². The molecule has 1 atom stereocenters. The molecule has 0 bridgehead atoms. The Morgan fingerprint density at radius 2 is 1.79 bits per heavy atom. The van der Waals surface area contributed by atoms with Crippen molar-refractivity contribution in [2.75, 3.05) is 13.7 Å². The summed E-state index contributed by atoms with van der Waals surface area (Å²) in [6, 6.07) is 14.4. The van der Waals surface area contributed by atoms with Crippen molar-refractivity contribution in [3.05, 3.63) is 84.2 Å². The molecule has 3 aromatic heterocycles. The van der Waals surface area contributed by atoms with Gasteiger partial charge in [0, 0.05) is 46.9 Å². The third kappa shape index (κ3) is 3.05. The Morgan fingerprint density at radius 1 is 0.971 bits per heavy atom. The minimum Gasteiger partial charge on any atom is -0.481 e. The average Bonchev–Trinajstić information content (AvgIpc) is 3.26. The highest BCUT2D eigenvalue weighted by Crippen LogP contribution is 2.51. The smallest absolute Gasteiger partial charge is 0.283 e. The van der Waals surface area contributed by atoms with Gasteiger partial charge in [-0.2, -0.15) is 4.39 Å². The lowest BCUT2D eigenvalue weighted by molar-refractivity contribution is 0.262. The number of rotatable bonds is 3. The first-order valence-corrected chi connectivity index (χ1v) is 10.5. The minimum absolute atomic E-state index is 0.0632. The standard InChI is InChI=1S/C25H18FN5O3/c1-32-21-7-5-15(11-29-21)16-10-19-23(30-12-16)34-20-6-4-14(17-3-2-8-28-22(17)26)9-18(20)25(19)13-33-24(27)31-25/h2-12H,13H2,1H3,(H2,27,31)/t25-/m0/s1. The zero-order chi connectivity index (χ0) is 23.3. The molecule has 2 aliphatic heterocycles. The molecular weight excluding hydrogens is 437 g/mol. The molecule has 0 amide bonds. The molecule has 1 spiro atoms. The highest BCUT2D eigenvalue weighted by Gasteiger charge is 2.48. The minimum atomic E-state index is -0.995. The predicted molar refractivity (Wildman–Crippen MR) is 122 cm³/mol. The van der Waals surface area contributed by atoms with Gasteiger partial charge in [-0.05, 0) is 42.0 Å². The van der Waals surface area contributed by atoms with Crippen LogP contribution in [0.2, 0.25) is 0 Å². The third-order valence-corrected chi connectivity index (χ3v) is 6.01. The second-order valence-electron chi connectivity index (χ2n) is 7.92. The molecule has 0 radical (unpaired) electrons. The van der Waals surface area contributed by atoms with E-state index in [4.69, 9.17) is 19.9 Å². The van der Waals surface area contributed by atoms with Crippen molar-refractivity contribution in [1.29, 1.82) is 0 Å². The van der Waals surface area contributed by atoms with Crippen LogP contribution in [0.1, 0.15) is 11.1 Å². The van der Waals surface area contributed by atoms with Crippen LogP contribution in [0.3, 0.4) is 0 Å². The van der Waals surface area contributed by atoms with Crippen molar-refractivity contribution >= 4 is 6.02 Å². The first-order chi connectivity index (χ1) is 16.6. The average molecular weight is 455 g/mol. The van der Waals surface area contributed by atoms with Gasteiger partial charge in [-0.15, -0.1) is 0 Å². The number of methoxy groups -OCH3 is 1. The summed E-state index contributed by atoms with van der Waals surface area (Å²) in [5.74, 6) is 0.907. The molecule has 0 saturated carbocycles. The number of aromatic nitrogens is 3. The molecule has 6 rings (SSSR count). The van der Waals surface area contributed by atoms with E-state index in [2.05, 4.69) is 19.9 Å². The Kier molecular flexibility index (Phi) is 4.44. The second kappa shape index (κ2) is 7.51. The molecule has 9 heteroatoms. The number of ether oxygens (including phenoxy) is 3. The highest BCUT2D eigenvalue weighted by atomic mass is 19.1. The van der Waals surface area contributed by atoms with Crippen LogP contribution in [0.15, 0.2) is 72.1 Å². The van der Waals surface area contributed by atoms with Crippen LogP contribution in [0.5, 0.6) is 17.5 Å². The maximum absolute atomic E-state index is 14.4. The molecule has 4 aromatic rings. The molecule has 0 saturated heterocycles. The molecule has 2 N–H and O–H groups in total. The summed E-state index contributed by atoms with van der Waals surface area (Å²) in [6.45, 7) is 0.160. The van der Waals surface area contributed by atoms with Crippen molar-refractivity contribution < 1.29 is 18.6 Å². The van der Waals surface area contributed by atoms with Crippen LogP contribution in [-0.4, -0.2) is 34.7 Å². The molecular formula is C25H18FN5O3. The number of amidine groups is 1. The molecule has 34 heavy (non-hydrogen) atoms. The highest BCUT2D eigenvalue weighted by molar-refractivity contribution is 5.78. The van der Waals surface area contributed by atoms with E-state index < -0.39 is 11.5 Å². The number of benzene rings is 1. The maximum Gasteiger partial charge on any atom is 0.283 e. The van der Waals surface area contributed by atoms with Crippen LogP contribution in [0, 0.1) is 5.95 Å². The van der Waals surface area contributed by atoms with Gasteiger partial charge in [0.05, 0.1) is 12.7 Å². The van der Waals surface area contributed by atoms with E-state index in [1.54, 1.807) is 49.8 Å². The maximum atomic E-state index is 14.4. The van der Waals surface area contributed by atoms with Gasteiger partial charge in [0.1, 0.15) is 12.4 Å². The number of halogens is 1. The Hall–Kier alpha value is -4.53. The third-order valence-electron chi connectivity index (χ3n) is 6.01. The zero-order valence-electron chi connectivity index (χ0n) is 18.0. The summed E-state index contributed by atoms with van der Waals surface area (Å²) >= 11 is 0. The predicted octanol–water partition coefficient (Wildman–Crippen LogP) is 4.05. The lowest BCUT2D eigenvalue weighted by Gasteiger charge is -2.33. The molecule has 0 unspecified atom stereocenters. The molecule has 0 fully saturated rings. The quantitative estimate of drug-likeness (QED) is 0.465. The zero-order valence-corrected chi connectivity index (χ0v) is 18.0. The van der Waals surface area contributed by atoms with E-state index in [-0.39, 0.29) is 12.6 Å². The number of hydrogen-bond donors (Lipinski definition) is 1. The summed E-state index contributed by atoms with van der Waals surface area (Å²) < 4.78 is 31.3. The van der Waals surface area contributed by atoms with Gasteiger partial charge in [0.2, 0.25) is 17.7 Å².